The molecule has 1 aliphatic heterocycles. The zero-order valence-electron chi connectivity index (χ0n) is 14.1. The Morgan fingerprint density at radius 3 is 2.65 bits per heavy atom. The van der Waals surface area contributed by atoms with Crippen LogP contribution in [0.1, 0.15) is 39.2 Å². The van der Waals surface area contributed by atoms with E-state index < -0.39 is 0 Å². The van der Waals surface area contributed by atoms with E-state index in [4.69, 9.17) is 9.47 Å². The van der Waals surface area contributed by atoms with Crippen molar-refractivity contribution < 1.29 is 14.3 Å². The van der Waals surface area contributed by atoms with E-state index in [0.717, 1.165) is 17.1 Å². The Labute approximate surface area is 137 Å². The van der Waals surface area contributed by atoms with Gasteiger partial charge in [-0.15, -0.1) is 0 Å². The van der Waals surface area contributed by atoms with Crippen LogP contribution in [-0.4, -0.2) is 31.8 Å². The van der Waals surface area contributed by atoms with Gasteiger partial charge in [0.1, 0.15) is 13.2 Å². The molecule has 1 fully saturated rings. The van der Waals surface area contributed by atoms with Crippen LogP contribution in [0.5, 0.6) is 11.5 Å². The van der Waals surface area contributed by atoms with E-state index in [-0.39, 0.29) is 17.5 Å². The average Bonchev–Trinajstić information content (AvgIpc) is 3.37. The maximum Gasteiger partial charge on any atom is 0.315 e. The topological polar surface area (TPSA) is 59.6 Å². The summed E-state index contributed by atoms with van der Waals surface area (Å²) in [5.74, 6) is 2.24. The summed E-state index contributed by atoms with van der Waals surface area (Å²) in [5.41, 5.74) is 0.938. The van der Waals surface area contributed by atoms with E-state index in [1.54, 1.807) is 0 Å². The third-order valence-electron chi connectivity index (χ3n) is 4.70. The van der Waals surface area contributed by atoms with Gasteiger partial charge in [0.05, 0.1) is 0 Å². The maximum atomic E-state index is 12.0. The molecule has 5 nitrogen and oxygen atoms in total. The zero-order valence-corrected chi connectivity index (χ0v) is 14.1. The van der Waals surface area contributed by atoms with Crippen molar-refractivity contribution in [1.29, 1.82) is 0 Å². The first-order valence-corrected chi connectivity index (χ1v) is 8.40. The Hall–Kier alpha value is -1.91. The summed E-state index contributed by atoms with van der Waals surface area (Å²) in [4.78, 5) is 12.0. The maximum absolute atomic E-state index is 12.0. The lowest BCUT2D eigenvalue weighted by Crippen LogP contribution is -2.45. The summed E-state index contributed by atoms with van der Waals surface area (Å²) in [7, 11) is 0. The summed E-state index contributed by atoms with van der Waals surface area (Å²) in [6, 6.07) is 6.17. The van der Waals surface area contributed by atoms with Crippen molar-refractivity contribution in [3.63, 3.8) is 0 Å². The van der Waals surface area contributed by atoms with Crippen LogP contribution in [0, 0.1) is 5.92 Å². The molecule has 1 atom stereocenters. The molecule has 2 amide bonds. The summed E-state index contributed by atoms with van der Waals surface area (Å²) in [6.07, 6.45) is 2.45. The van der Waals surface area contributed by atoms with Crippen molar-refractivity contribution in [2.75, 3.05) is 19.8 Å². The van der Waals surface area contributed by atoms with E-state index in [2.05, 4.69) is 31.4 Å². The van der Waals surface area contributed by atoms with E-state index in [0.29, 0.717) is 25.7 Å². The number of amides is 2. The predicted octanol–water partition coefficient (Wildman–Crippen LogP) is 2.83. The van der Waals surface area contributed by atoms with Crippen LogP contribution in [-0.2, 0) is 5.41 Å². The van der Waals surface area contributed by atoms with Crippen molar-refractivity contribution >= 4 is 6.03 Å². The van der Waals surface area contributed by atoms with Gasteiger partial charge in [-0.3, -0.25) is 0 Å². The third kappa shape index (κ3) is 3.89. The van der Waals surface area contributed by atoms with Crippen LogP contribution in [0.4, 0.5) is 4.79 Å². The van der Waals surface area contributed by atoms with Crippen molar-refractivity contribution in [1.82, 2.24) is 10.6 Å². The first kappa shape index (κ1) is 16.0. The molecule has 126 valence electrons. The van der Waals surface area contributed by atoms with Crippen LogP contribution in [0.3, 0.4) is 0 Å². The fourth-order valence-corrected chi connectivity index (χ4v) is 2.84. The second kappa shape index (κ2) is 6.30. The highest BCUT2D eigenvalue weighted by molar-refractivity contribution is 5.74. The smallest absolute Gasteiger partial charge is 0.315 e. The Bertz CT molecular complexity index is 582. The Morgan fingerprint density at radius 2 is 1.96 bits per heavy atom. The lowest BCUT2D eigenvalue weighted by molar-refractivity contribution is 0.171. The first-order valence-electron chi connectivity index (χ1n) is 8.40. The molecule has 5 heteroatoms. The third-order valence-corrected chi connectivity index (χ3v) is 4.70. The molecule has 1 saturated carbocycles. The summed E-state index contributed by atoms with van der Waals surface area (Å²) >= 11 is 0. The van der Waals surface area contributed by atoms with Gasteiger partial charge in [-0.05, 0) is 43.4 Å². The Kier molecular flexibility index (Phi) is 4.37. The summed E-state index contributed by atoms with van der Waals surface area (Å²) < 4.78 is 11.2. The molecule has 1 aliphatic carbocycles. The van der Waals surface area contributed by atoms with Gasteiger partial charge in [0.15, 0.2) is 11.5 Å². The number of carbonyl (C=O) groups excluding carboxylic acids is 1. The van der Waals surface area contributed by atoms with Crippen LogP contribution in [0.2, 0.25) is 0 Å². The SMILES string of the molecule is CC(NC(=O)NCC(C)(C)c1ccc2c(c1)OCCO2)C1CC1. The van der Waals surface area contributed by atoms with E-state index in [9.17, 15) is 4.79 Å². The molecule has 0 bridgehead atoms. The molecule has 3 rings (SSSR count). The molecule has 0 spiro atoms. The molecule has 1 unspecified atom stereocenters. The standard InChI is InChI=1S/C18H26N2O3/c1-12(13-4-5-13)20-17(21)19-11-18(2,3)14-6-7-15-16(10-14)23-9-8-22-15/h6-7,10,12-13H,4-5,8-9,11H2,1-3H3,(H2,19,20,21). The molecule has 0 saturated heterocycles. The van der Waals surface area contributed by atoms with Crippen LogP contribution in [0.25, 0.3) is 0 Å². The summed E-state index contributed by atoms with van der Waals surface area (Å²) in [6.45, 7) is 8.04. The molecule has 0 aromatic heterocycles. The highest BCUT2D eigenvalue weighted by Crippen LogP contribution is 2.35. The van der Waals surface area contributed by atoms with E-state index >= 15 is 0 Å². The van der Waals surface area contributed by atoms with Crippen molar-refractivity contribution in [3.8, 4) is 11.5 Å². The molecule has 1 aromatic carbocycles. The Morgan fingerprint density at radius 1 is 1.26 bits per heavy atom. The van der Waals surface area contributed by atoms with Crippen molar-refractivity contribution in [2.45, 2.75) is 45.1 Å². The number of rotatable bonds is 5. The van der Waals surface area contributed by atoms with E-state index in [1.807, 2.05) is 18.2 Å². The highest BCUT2D eigenvalue weighted by Gasteiger charge is 2.29. The molecule has 1 heterocycles. The van der Waals surface area contributed by atoms with E-state index in [1.165, 1.54) is 12.8 Å². The fourth-order valence-electron chi connectivity index (χ4n) is 2.84. The second-order valence-corrected chi connectivity index (χ2v) is 7.20. The van der Waals surface area contributed by atoms with Gasteiger partial charge in [-0.25, -0.2) is 4.79 Å². The number of benzene rings is 1. The van der Waals surface area contributed by atoms with Crippen molar-refractivity contribution in [2.24, 2.45) is 5.92 Å². The molecule has 23 heavy (non-hydrogen) atoms. The largest absolute Gasteiger partial charge is 0.486 e. The monoisotopic (exact) mass is 318 g/mol. The number of nitrogens with one attached hydrogen (secondary N) is 2. The van der Waals surface area contributed by atoms with Crippen LogP contribution >= 0.6 is 0 Å². The van der Waals surface area contributed by atoms with Gasteiger partial charge in [-0.2, -0.15) is 0 Å². The van der Waals surface area contributed by atoms with Gasteiger partial charge in [-0.1, -0.05) is 19.9 Å². The summed E-state index contributed by atoms with van der Waals surface area (Å²) in [5, 5.41) is 6.01. The number of fused-ring (bicyclic) bond motifs is 1. The molecule has 0 radical (unpaired) electrons. The number of carbonyl (C=O) groups is 1. The second-order valence-electron chi connectivity index (χ2n) is 7.20. The quantitative estimate of drug-likeness (QED) is 0.877. The normalized spacial score (nSPS) is 18.2. The minimum absolute atomic E-state index is 0.0879. The lowest BCUT2D eigenvalue weighted by atomic mass is 9.84. The molecule has 2 aliphatic rings. The van der Waals surface area contributed by atoms with Crippen molar-refractivity contribution in [3.05, 3.63) is 23.8 Å². The van der Waals surface area contributed by atoms with Gasteiger partial charge >= 0.3 is 6.03 Å². The number of hydrogen-bond acceptors (Lipinski definition) is 3. The van der Waals surface area contributed by atoms with Gasteiger partial charge in [0, 0.05) is 18.0 Å². The number of hydrogen-bond donors (Lipinski definition) is 2. The molecule has 2 N–H and O–H groups in total. The van der Waals surface area contributed by atoms with Gasteiger partial charge < -0.3 is 20.1 Å². The van der Waals surface area contributed by atoms with Gasteiger partial charge in [0.25, 0.3) is 0 Å². The predicted molar refractivity (Wildman–Crippen MR) is 89.2 cm³/mol. The average molecular weight is 318 g/mol. The first-order chi connectivity index (χ1) is 11.0. The van der Waals surface area contributed by atoms with Gasteiger partial charge in [0.2, 0.25) is 0 Å². The zero-order chi connectivity index (χ0) is 16.4. The fraction of sp³-hybridized carbons (Fsp3) is 0.611. The minimum atomic E-state index is -0.185. The molecular weight excluding hydrogens is 292 g/mol. The van der Waals surface area contributed by atoms with Crippen LogP contribution in [0.15, 0.2) is 18.2 Å². The molecule has 1 aromatic rings. The lowest BCUT2D eigenvalue weighted by Gasteiger charge is -2.28. The van der Waals surface area contributed by atoms with Crippen LogP contribution < -0.4 is 20.1 Å². The minimum Gasteiger partial charge on any atom is -0.486 e. The number of urea groups is 1. The Balaban J connectivity index is 1.58. The number of ether oxygens (including phenoxy) is 2. The molecular formula is C18H26N2O3. The highest BCUT2D eigenvalue weighted by atomic mass is 16.6.